The molecule has 1 nitrogen and oxygen atoms in total. The summed E-state index contributed by atoms with van der Waals surface area (Å²) in [5.41, 5.74) is 1.13. The minimum absolute atomic E-state index is 0.580. The fourth-order valence-corrected chi connectivity index (χ4v) is 2.17. The van der Waals surface area contributed by atoms with Crippen LogP contribution in [0.2, 0.25) is 0 Å². The van der Waals surface area contributed by atoms with Crippen LogP contribution in [-0.2, 0) is 0 Å². The second-order valence-corrected chi connectivity index (χ2v) is 3.62. The molecule has 0 atom stereocenters. The number of fused-ring (bicyclic) bond motifs is 1. The number of hydrogen-bond donors (Lipinski definition) is 1. The predicted octanol–water partition coefficient (Wildman–Crippen LogP) is 2.95. The maximum Gasteiger partial charge on any atom is 0.0763 e. The van der Waals surface area contributed by atoms with Crippen molar-refractivity contribution < 1.29 is 0 Å². The largest absolute Gasteiger partial charge is 0.373 e. The molecule has 0 unspecified atom stereocenters. The molecule has 13 heavy (non-hydrogen) atoms. The molecule has 0 radical (unpaired) electrons. The molecule has 2 aromatic rings. The molecule has 2 heteroatoms. The normalized spacial score (nSPS) is 9.77. The molecule has 0 bridgehead atoms. The van der Waals surface area contributed by atoms with Gasteiger partial charge in [-0.1, -0.05) is 18.1 Å². The maximum atomic E-state index is 5.19. The van der Waals surface area contributed by atoms with E-state index in [0.717, 1.165) is 5.69 Å². The van der Waals surface area contributed by atoms with Crippen LogP contribution >= 0.6 is 11.3 Å². The highest BCUT2D eigenvalue weighted by atomic mass is 32.1. The van der Waals surface area contributed by atoms with Gasteiger partial charge >= 0.3 is 0 Å². The van der Waals surface area contributed by atoms with Crippen LogP contribution in [-0.4, -0.2) is 6.54 Å². The highest BCUT2D eigenvalue weighted by Gasteiger charge is 1.99. The Bertz CT molecular complexity index is 450. The maximum absolute atomic E-state index is 5.19. The zero-order chi connectivity index (χ0) is 9.10. The standard InChI is InChI=1S/C11H9NS/c1-2-7-12-10-5-3-4-9-6-8-13-11(9)10/h1,3-6,8,12H,7H2. The number of hydrogen-bond acceptors (Lipinski definition) is 2. The summed E-state index contributed by atoms with van der Waals surface area (Å²) in [7, 11) is 0. The lowest BCUT2D eigenvalue weighted by molar-refractivity contribution is 1.40. The van der Waals surface area contributed by atoms with Crippen molar-refractivity contribution in [3.05, 3.63) is 29.6 Å². The first-order valence-corrected chi connectivity index (χ1v) is 4.93. The molecule has 2 rings (SSSR count). The van der Waals surface area contributed by atoms with E-state index in [1.54, 1.807) is 11.3 Å². The van der Waals surface area contributed by atoms with Crippen LogP contribution in [0.4, 0.5) is 5.69 Å². The van der Waals surface area contributed by atoms with E-state index < -0.39 is 0 Å². The fourth-order valence-electron chi connectivity index (χ4n) is 1.28. The summed E-state index contributed by atoms with van der Waals surface area (Å²) >= 11 is 1.73. The molecule has 0 aliphatic carbocycles. The molecular formula is C11H9NS. The molecule has 0 spiro atoms. The Kier molecular flexibility index (Phi) is 2.20. The van der Waals surface area contributed by atoms with Crippen molar-refractivity contribution >= 4 is 27.1 Å². The third-order valence-corrected chi connectivity index (χ3v) is 2.82. The zero-order valence-electron chi connectivity index (χ0n) is 7.08. The number of anilines is 1. The number of terminal acetylenes is 1. The minimum atomic E-state index is 0.580. The number of thiophene rings is 1. The van der Waals surface area contributed by atoms with Gasteiger partial charge in [-0.05, 0) is 22.9 Å². The van der Waals surface area contributed by atoms with Gasteiger partial charge in [0.15, 0.2) is 0 Å². The molecule has 0 saturated heterocycles. The average Bonchev–Trinajstić information content (AvgIpc) is 2.62. The van der Waals surface area contributed by atoms with Crippen LogP contribution in [0.3, 0.4) is 0 Å². The lowest BCUT2D eigenvalue weighted by Gasteiger charge is -2.02. The van der Waals surface area contributed by atoms with Crippen LogP contribution < -0.4 is 5.32 Å². The summed E-state index contributed by atoms with van der Waals surface area (Å²) in [5, 5.41) is 6.56. The minimum Gasteiger partial charge on any atom is -0.373 e. The smallest absolute Gasteiger partial charge is 0.0763 e. The zero-order valence-corrected chi connectivity index (χ0v) is 7.90. The molecule has 1 N–H and O–H groups in total. The van der Waals surface area contributed by atoms with Gasteiger partial charge in [0.1, 0.15) is 0 Å². The van der Waals surface area contributed by atoms with E-state index in [0.29, 0.717) is 6.54 Å². The number of benzene rings is 1. The third kappa shape index (κ3) is 1.51. The van der Waals surface area contributed by atoms with Crippen molar-refractivity contribution in [3.8, 4) is 12.3 Å². The number of nitrogens with one attached hydrogen (secondary N) is 1. The summed E-state index contributed by atoms with van der Waals surface area (Å²) in [4.78, 5) is 0. The average molecular weight is 187 g/mol. The van der Waals surface area contributed by atoms with Crippen molar-refractivity contribution in [1.82, 2.24) is 0 Å². The third-order valence-electron chi connectivity index (χ3n) is 1.86. The summed E-state index contributed by atoms with van der Waals surface area (Å²) < 4.78 is 1.28. The summed E-state index contributed by atoms with van der Waals surface area (Å²) in [6.07, 6.45) is 5.19. The van der Waals surface area contributed by atoms with Crippen LogP contribution in [0.5, 0.6) is 0 Å². The molecule has 64 valence electrons. The van der Waals surface area contributed by atoms with Crippen molar-refractivity contribution in [2.75, 3.05) is 11.9 Å². The van der Waals surface area contributed by atoms with E-state index in [1.807, 2.05) is 6.07 Å². The Balaban J connectivity index is 2.44. The van der Waals surface area contributed by atoms with Gasteiger partial charge in [-0.3, -0.25) is 0 Å². The Morgan fingerprint density at radius 3 is 3.15 bits per heavy atom. The molecule has 0 saturated carbocycles. The van der Waals surface area contributed by atoms with E-state index in [4.69, 9.17) is 6.42 Å². The lowest BCUT2D eigenvalue weighted by atomic mass is 10.2. The quantitative estimate of drug-likeness (QED) is 0.713. The topological polar surface area (TPSA) is 12.0 Å². The highest BCUT2D eigenvalue weighted by Crippen LogP contribution is 2.28. The van der Waals surface area contributed by atoms with Gasteiger partial charge in [0.2, 0.25) is 0 Å². The molecule has 1 aromatic heterocycles. The van der Waals surface area contributed by atoms with Crippen LogP contribution in [0.15, 0.2) is 29.6 Å². The van der Waals surface area contributed by atoms with Gasteiger partial charge in [0.25, 0.3) is 0 Å². The van der Waals surface area contributed by atoms with E-state index >= 15 is 0 Å². The van der Waals surface area contributed by atoms with E-state index in [1.165, 1.54) is 10.1 Å². The van der Waals surface area contributed by atoms with Crippen molar-refractivity contribution in [1.29, 1.82) is 0 Å². The fraction of sp³-hybridized carbons (Fsp3) is 0.0909. The molecule has 1 heterocycles. The van der Waals surface area contributed by atoms with Gasteiger partial charge in [-0.15, -0.1) is 17.8 Å². The molecule has 1 aromatic carbocycles. The second kappa shape index (κ2) is 3.51. The molecule has 0 fully saturated rings. The van der Waals surface area contributed by atoms with Gasteiger partial charge in [0, 0.05) is 0 Å². The van der Waals surface area contributed by atoms with Crippen LogP contribution in [0.25, 0.3) is 10.1 Å². The first-order valence-electron chi connectivity index (χ1n) is 4.05. The van der Waals surface area contributed by atoms with Crippen molar-refractivity contribution in [2.24, 2.45) is 0 Å². The first kappa shape index (κ1) is 8.15. The van der Waals surface area contributed by atoms with Crippen molar-refractivity contribution in [3.63, 3.8) is 0 Å². The molecule has 0 aliphatic rings. The molecule has 0 amide bonds. The van der Waals surface area contributed by atoms with E-state index in [-0.39, 0.29) is 0 Å². The molecular weight excluding hydrogens is 178 g/mol. The van der Waals surface area contributed by atoms with E-state index in [2.05, 4.69) is 34.8 Å². The first-order chi connectivity index (χ1) is 6.42. The Morgan fingerprint density at radius 1 is 1.38 bits per heavy atom. The van der Waals surface area contributed by atoms with Gasteiger partial charge in [-0.2, -0.15) is 0 Å². The lowest BCUT2D eigenvalue weighted by Crippen LogP contribution is -1.97. The van der Waals surface area contributed by atoms with Crippen molar-refractivity contribution in [2.45, 2.75) is 0 Å². The van der Waals surface area contributed by atoms with Gasteiger partial charge in [-0.25, -0.2) is 0 Å². The Hall–Kier alpha value is -1.46. The summed E-state index contributed by atoms with van der Waals surface area (Å²) in [6.45, 7) is 0.580. The second-order valence-electron chi connectivity index (χ2n) is 2.70. The van der Waals surface area contributed by atoms with Gasteiger partial charge in [0.05, 0.1) is 16.9 Å². The van der Waals surface area contributed by atoms with Crippen LogP contribution in [0.1, 0.15) is 0 Å². The predicted molar refractivity (Wildman–Crippen MR) is 59.1 cm³/mol. The van der Waals surface area contributed by atoms with Gasteiger partial charge < -0.3 is 5.32 Å². The molecule has 0 aliphatic heterocycles. The Labute approximate surface area is 81.4 Å². The SMILES string of the molecule is C#CCNc1cccc2ccsc12. The Morgan fingerprint density at radius 2 is 2.31 bits per heavy atom. The number of rotatable bonds is 2. The van der Waals surface area contributed by atoms with E-state index in [9.17, 15) is 0 Å². The monoisotopic (exact) mass is 187 g/mol. The summed E-state index contributed by atoms with van der Waals surface area (Å²) in [6, 6.07) is 8.30. The summed E-state index contributed by atoms with van der Waals surface area (Å²) in [5.74, 6) is 2.57. The highest BCUT2D eigenvalue weighted by molar-refractivity contribution is 7.17. The van der Waals surface area contributed by atoms with Crippen LogP contribution in [0, 0.1) is 12.3 Å².